The third-order valence-corrected chi connectivity index (χ3v) is 3.50. The third kappa shape index (κ3) is 3.75. The first-order valence-electron chi connectivity index (χ1n) is 7.20. The lowest BCUT2D eigenvalue weighted by molar-refractivity contribution is 0.590. The van der Waals surface area contributed by atoms with Gasteiger partial charge >= 0.3 is 0 Å². The van der Waals surface area contributed by atoms with E-state index in [1.165, 1.54) is 24.6 Å². The summed E-state index contributed by atoms with van der Waals surface area (Å²) in [6.45, 7) is 3.03. The SMILES string of the molecule is c1ccc2nc(CNCCCNC3CC3)ccc2c1. The maximum Gasteiger partial charge on any atom is 0.0705 e. The summed E-state index contributed by atoms with van der Waals surface area (Å²) >= 11 is 0. The molecule has 1 aliphatic carbocycles. The van der Waals surface area contributed by atoms with Crippen molar-refractivity contribution in [2.45, 2.75) is 31.8 Å². The minimum atomic E-state index is 0.821. The molecule has 100 valence electrons. The van der Waals surface area contributed by atoms with Gasteiger partial charge in [-0.1, -0.05) is 24.3 Å². The largest absolute Gasteiger partial charge is 0.314 e. The Balaban J connectivity index is 1.42. The van der Waals surface area contributed by atoms with Crippen molar-refractivity contribution in [3.63, 3.8) is 0 Å². The van der Waals surface area contributed by atoms with Crippen LogP contribution in [0, 0.1) is 0 Å². The summed E-state index contributed by atoms with van der Waals surface area (Å²) in [5.41, 5.74) is 2.20. The van der Waals surface area contributed by atoms with Gasteiger partial charge in [0.15, 0.2) is 0 Å². The second-order valence-corrected chi connectivity index (χ2v) is 5.25. The monoisotopic (exact) mass is 255 g/mol. The molecule has 0 aliphatic heterocycles. The molecule has 0 bridgehead atoms. The zero-order valence-corrected chi connectivity index (χ0v) is 11.2. The summed E-state index contributed by atoms with van der Waals surface area (Å²) in [7, 11) is 0. The van der Waals surface area contributed by atoms with Crippen LogP contribution in [0.15, 0.2) is 36.4 Å². The number of fused-ring (bicyclic) bond motifs is 1. The first-order valence-corrected chi connectivity index (χ1v) is 7.20. The Hall–Kier alpha value is -1.45. The predicted octanol–water partition coefficient (Wildman–Crippen LogP) is 2.47. The second-order valence-electron chi connectivity index (χ2n) is 5.25. The van der Waals surface area contributed by atoms with Gasteiger partial charge in [0.05, 0.1) is 11.2 Å². The van der Waals surface area contributed by atoms with Crippen LogP contribution >= 0.6 is 0 Å². The van der Waals surface area contributed by atoms with Gasteiger partial charge < -0.3 is 10.6 Å². The zero-order chi connectivity index (χ0) is 12.9. The van der Waals surface area contributed by atoms with E-state index in [0.717, 1.165) is 36.9 Å². The molecule has 3 nitrogen and oxygen atoms in total. The fourth-order valence-corrected chi connectivity index (χ4v) is 2.23. The van der Waals surface area contributed by atoms with Crippen LogP contribution in [0.5, 0.6) is 0 Å². The average Bonchev–Trinajstić information content (AvgIpc) is 3.27. The lowest BCUT2D eigenvalue weighted by Gasteiger charge is -2.06. The number of benzene rings is 1. The van der Waals surface area contributed by atoms with E-state index < -0.39 is 0 Å². The van der Waals surface area contributed by atoms with Gasteiger partial charge in [-0.05, 0) is 44.5 Å². The van der Waals surface area contributed by atoms with Crippen molar-refractivity contribution in [1.82, 2.24) is 15.6 Å². The molecule has 1 aliphatic rings. The van der Waals surface area contributed by atoms with Crippen LogP contribution in [0.4, 0.5) is 0 Å². The highest BCUT2D eigenvalue weighted by molar-refractivity contribution is 5.78. The number of pyridine rings is 1. The number of para-hydroxylation sites is 1. The minimum absolute atomic E-state index is 0.821. The van der Waals surface area contributed by atoms with Crippen LogP contribution in [-0.4, -0.2) is 24.1 Å². The lowest BCUT2D eigenvalue weighted by atomic mass is 10.2. The average molecular weight is 255 g/mol. The van der Waals surface area contributed by atoms with Crippen molar-refractivity contribution in [2.75, 3.05) is 13.1 Å². The fourth-order valence-electron chi connectivity index (χ4n) is 2.23. The van der Waals surface area contributed by atoms with E-state index in [1.54, 1.807) is 0 Å². The smallest absolute Gasteiger partial charge is 0.0705 e. The van der Waals surface area contributed by atoms with E-state index in [0.29, 0.717) is 0 Å². The Morgan fingerprint density at radius 2 is 1.95 bits per heavy atom. The van der Waals surface area contributed by atoms with Gasteiger partial charge in [0.2, 0.25) is 0 Å². The van der Waals surface area contributed by atoms with Crippen LogP contribution in [0.25, 0.3) is 10.9 Å². The van der Waals surface area contributed by atoms with Gasteiger partial charge in [0, 0.05) is 18.0 Å². The zero-order valence-electron chi connectivity index (χ0n) is 11.2. The summed E-state index contributed by atoms with van der Waals surface area (Å²) in [6.07, 6.45) is 3.92. The van der Waals surface area contributed by atoms with E-state index in [1.807, 2.05) is 6.07 Å². The number of nitrogens with zero attached hydrogens (tertiary/aromatic N) is 1. The van der Waals surface area contributed by atoms with Gasteiger partial charge in [-0.2, -0.15) is 0 Å². The molecule has 1 saturated carbocycles. The molecule has 1 heterocycles. The van der Waals surface area contributed by atoms with Crippen molar-refractivity contribution < 1.29 is 0 Å². The molecule has 19 heavy (non-hydrogen) atoms. The number of hydrogen-bond acceptors (Lipinski definition) is 3. The van der Waals surface area contributed by atoms with Crippen molar-refractivity contribution in [2.24, 2.45) is 0 Å². The van der Waals surface area contributed by atoms with E-state index >= 15 is 0 Å². The van der Waals surface area contributed by atoms with Crippen molar-refractivity contribution in [3.8, 4) is 0 Å². The summed E-state index contributed by atoms with van der Waals surface area (Å²) in [5.74, 6) is 0. The molecule has 3 rings (SSSR count). The van der Waals surface area contributed by atoms with Gasteiger partial charge in [0.25, 0.3) is 0 Å². The van der Waals surface area contributed by atoms with Crippen LogP contribution in [-0.2, 0) is 6.54 Å². The normalized spacial score (nSPS) is 14.9. The third-order valence-electron chi connectivity index (χ3n) is 3.50. The van der Waals surface area contributed by atoms with Gasteiger partial charge in [0.1, 0.15) is 0 Å². The van der Waals surface area contributed by atoms with Crippen LogP contribution in [0.2, 0.25) is 0 Å². The molecule has 2 N–H and O–H groups in total. The summed E-state index contributed by atoms with van der Waals surface area (Å²) in [6, 6.07) is 13.3. The summed E-state index contributed by atoms with van der Waals surface area (Å²) in [5, 5.41) is 8.19. The number of rotatable bonds is 7. The highest BCUT2D eigenvalue weighted by Crippen LogP contribution is 2.18. The van der Waals surface area contributed by atoms with E-state index in [-0.39, 0.29) is 0 Å². The molecule has 0 amide bonds. The Labute approximate surface area is 114 Å². The van der Waals surface area contributed by atoms with Gasteiger partial charge in [-0.15, -0.1) is 0 Å². The summed E-state index contributed by atoms with van der Waals surface area (Å²) < 4.78 is 0. The van der Waals surface area contributed by atoms with Crippen LogP contribution < -0.4 is 10.6 Å². The first-order chi connectivity index (χ1) is 9.42. The number of nitrogens with one attached hydrogen (secondary N) is 2. The standard InChI is InChI=1S/C16H21N3/c1-2-5-16-13(4-1)6-7-15(19-16)12-17-10-3-11-18-14-8-9-14/h1-2,4-7,14,17-18H,3,8-12H2. The van der Waals surface area contributed by atoms with Crippen molar-refractivity contribution in [3.05, 3.63) is 42.1 Å². The van der Waals surface area contributed by atoms with Gasteiger partial charge in [-0.25, -0.2) is 0 Å². The Bertz CT molecular complexity index is 534. The van der Waals surface area contributed by atoms with E-state index in [2.05, 4.69) is 45.9 Å². The number of aromatic nitrogens is 1. The molecule has 2 aromatic rings. The van der Waals surface area contributed by atoms with Crippen molar-refractivity contribution in [1.29, 1.82) is 0 Å². The molecular weight excluding hydrogens is 234 g/mol. The quantitative estimate of drug-likeness (QED) is 0.746. The minimum Gasteiger partial charge on any atom is -0.314 e. The van der Waals surface area contributed by atoms with Crippen molar-refractivity contribution >= 4 is 10.9 Å². The second kappa shape index (κ2) is 6.13. The molecule has 0 unspecified atom stereocenters. The molecule has 1 aromatic carbocycles. The van der Waals surface area contributed by atoms with E-state index in [4.69, 9.17) is 0 Å². The van der Waals surface area contributed by atoms with Gasteiger partial charge in [-0.3, -0.25) is 4.98 Å². The molecule has 0 atom stereocenters. The molecule has 3 heteroatoms. The van der Waals surface area contributed by atoms with Crippen LogP contribution in [0.1, 0.15) is 25.0 Å². The maximum atomic E-state index is 4.65. The highest BCUT2D eigenvalue weighted by atomic mass is 15.0. The summed E-state index contributed by atoms with van der Waals surface area (Å²) in [4.78, 5) is 4.65. The molecule has 1 fully saturated rings. The fraction of sp³-hybridized carbons (Fsp3) is 0.438. The maximum absolute atomic E-state index is 4.65. The highest BCUT2D eigenvalue weighted by Gasteiger charge is 2.19. The topological polar surface area (TPSA) is 37.0 Å². The first kappa shape index (κ1) is 12.6. The predicted molar refractivity (Wildman–Crippen MR) is 79.1 cm³/mol. The molecule has 0 saturated heterocycles. The molecule has 1 aromatic heterocycles. The number of hydrogen-bond donors (Lipinski definition) is 2. The molecule has 0 radical (unpaired) electrons. The van der Waals surface area contributed by atoms with E-state index in [9.17, 15) is 0 Å². The lowest BCUT2D eigenvalue weighted by Crippen LogP contribution is -2.23. The Morgan fingerprint density at radius 1 is 1.05 bits per heavy atom. The Kier molecular flexibility index (Phi) is 4.06. The van der Waals surface area contributed by atoms with Crippen LogP contribution in [0.3, 0.4) is 0 Å². The molecule has 0 spiro atoms. The molecular formula is C16H21N3. The Morgan fingerprint density at radius 3 is 2.84 bits per heavy atom.